The first-order valence-electron chi connectivity index (χ1n) is 8.15. The van der Waals surface area contributed by atoms with E-state index < -0.39 is 11.5 Å². The van der Waals surface area contributed by atoms with E-state index in [2.05, 4.69) is 10.4 Å². The summed E-state index contributed by atoms with van der Waals surface area (Å²) in [6.07, 6.45) is 4.95. The summed E-state index contributed by atoms with van der Waals surface area (Å²) in [5, 5.41) is 16.5. The van der Waals surface area contributed by atoms with Crippen LogP contribution in [0.1, 0.15) is 48.2 Å². The van der Waals surface area contributed by atoms with Crippen LogP contribution in [0.25, 0.3) is 5.69 Å². The van der Waals surface area contributed by atoms with Gasteiger partial charge in [-0.25, -0.2) is 4.68 Å². The minimum atomic E-state index is -0.881. The highest BCUT2D eigenvalue weighted by atomic mass is 16.4. The number of rotatable bonds is 5. The fraction of sp³-hybridized carbons (Fsp3) is 0.389. The Hall–Kier alpha value is -2.63. The number of para-hydroxylation sites is 1. The lowest BCUT2D eigenvalue weighted by Gasteiger charge is -2.28. The molecule has 6 nitrogen and oxygen atoms in total. The summed E-state index contributed by atoms with van der Waals surface area (Å²) in [6, 6.07) is 9.57. The van der Waals surface area contributed by atoms with E-state index in [1.54, 1.807) is 17.8 Å². The minimum absolute atomic E-state index is 0.0371. The molecule has 0 saturated heterocycles. The molecule has 1 aliphatic carbocycles. The zero-order chi connectivity index (χ0) is 17.2. The second-order valence-electron chi connectivity index (χ2n) is 6.42. The Labute approximate surface area is 140 Å². The van der Waals surface area contributed by atoms with Crippen molar-refractivity contribution in [3.63, 3.8) is 0 Å². The second kappa shape index (κ2) is 6.47. The lowest BCUT2D eigenvalue weighted by atomic mass is 9.92. The van der Waals surface area contributed by atoms with Crippen LogP contribution in [0.2, 0.25) is 0 Å². The van der Waals surface area contributed by atoms with Crippen LogP contribution in [0.5, 0.6) is 0 Å². The Morgan fingerprint density at radius 1 is 1.25 bits per heavy atom. The molecule has 0 spiro atoms. The molecule has 1 aliphatic rings. The fourth-order valence-corrected chi connectivity index (χ4v) is 3.39. The van der Waals surface area contributed by atoms with Crippen LogP contribution in [0.15, 0.2) is 36.5 Å². The summed E-state index contributed by atoms with van der Waals surface area (Å²) in [6.45, 7) is 1.78. The molecular weight excluding hydrogens is 306 g/mol. The molecule has 1 aromatic heterocycles. The Bertz CT molecular complexity index is 746. The van der Waals surface area contributed by atoms with Crippen molar-refractivity contribution in [3.8, 4) is 5.69 Å². The summed E-state index contributed by atoms with van der Waals surface area (Å²) >= 11 is 0. The topological polar surface area (TPSA) is 84.2 Å². The van der Waals surface area contributed by atoms with E-state index in [-0.39, 0.29) is 12.3 Å². The van der Waals surface area contributed by atoms with Crippen molar-refractivity contribution in [3.05, 3.63) is 47.8 Å². The van der Waals surface area contributed by atoms with E-state index in [0.717, 1.165) is 18.5 Å². The van der Waals surface area contributed by atoms with Gasteiger partial charge in [-0.1, -0.05) is 31.0 Å². The number of nitrogens with one attached hydrogen (secondary N) is 1. The Morgan fingerprint density at radius 3 is 2.54 bits per heavy atom. The van der Waals surface area contributed by atoms with Gasteiger partial charge >= 0.3 is 5.97 Å². The van der Waals surface area contributed by atoms with Crippen LogP contribution >= 0.6 is 0 Å². The van der Waals surface area contributed by atoms with Gasteiger partial charge in [-0.15, -0.1) is 0 Å². The number of amides is 1. The highest BCUT2D eigenvalue weighted by Gasteiger charge is 2.38. The van der Waals surface area contributed by atoms with Gasteiger partial charge in [0, 0.05) is 6.20 Å². The lowest BCUT2D eigenvalue weighted by Crippen LogP contribution is -2.47. The number of carbonyl (C=O) groups excluding carboxylic acids is 1. The number of nitrogens with zero attached hydrogens (tertiary/aromatic N) is 2. The van der Waals surface area contributed by atoms with Crippen LogP contribution < -0.4 is 5.32 Å². The highest BCUT2D eigenvalue weighted by Crippen LogP contribution is 2.33. The molecule has 1 heterocycles. The van der Waals surface area contributed by atoms with Gasteiger partial charge < -0.3 is 10.4 Å². The molecule has 1 fully saturated rings. The number of hydrogen-bond acceptors (Lipinski definition) is 3. The summed E-state index contributed by atoms with van der Waals surface area (Å²) in [7, 11) is 0. The normalized spacial score (nSPS) is 16.0. The van der Waals surface area contributed by atoms with Crippen molar-refractivity contribution in [1.82, 2.24) is 15.1 Å². The second-order valence-corrected chi connectivity index (χ2v) is 6.42. The van der Waals surface area contributed by atoms with Crippen molar-refractivity contribution in [2.45, 2.75) is 44.6 Å². The number of hydrogen-bond donors (Lipinski definition) is 2. The van der Waals surface area contributed by atoms with Gasteiger partial charge in [0.15, 0.2) is 0 Å². The predicted molar refractivity (Wildman–Crippen MR) is 89.2 cm³/mol. The SMILES string of the molecule is Cc1nn(-c2ccccc2)cc1C(=O)NC1(CC(=O)O)CCCC1. The molecule has 126 valence electrons. The van der Waals surface area contributed by atoms with Crippen LogP contribution in [0, 0.1) is 6.92 Å². The molecule has 2 aromatic rings. The first-order chi connectivity index (χ1) is 11.5. The molecule has 1 amide bonds. The maximum absolute atomic E-state index is 12.7. The summed E-state index contributed by atoms with van der Waals surface area (Å²) < 4.78 is 1.67. The van der Waals surface area contributed by atoms with Gasteiger partial charge in [0.1, 0.15) is 0 Å². The molecule has 0 unspecified atom stereocenters. The van der Waals surface area contributed by atoms with Crippen LogP contribution in [0.3, 0.4) is 0 Å². The average molecular weight is 327 g/mol. The van der Waals surface area contributed by atoms with Gasteiger partial charge in [-0.05, 0) is 31.9 Å². The summed E-state index contributed by atoms with van der Waals surface area (Å²) in [4.78, 5) is 23.9. The Kier molecular flexibility index (Phi) is 4.38. The average Bonchev–Trinajstić information content (AvgIpc) is 3.14. The molecule has 1 saturated carbocycles. The molecule has 0 radical (unpaired) electrons. The number of benzene rings is 1. The fourth-order valence-electron chi connectivity index (χ4n) is 3.39. The molecule has 2 N–H and O–H groups in total. The van der Waals surface area contributed by atoms with Gasteiger partial charge in [0.25, 0.3) is 5.91 Å². The Balaban J connectivity index is 1.82. The molecular formula is C18H21N3O3. The smallest absolute Gasteiger partial charge is 0.305 e. The zero-order valence-electron chi connectivity index (χ0n) is 13.7. The largest absolute Gasteiger partial charge is 0.481 e. The van der Waals surface area contributed by atoms with E-state index in [4.69, 9.17) is 5.11 Å². The van der Waals surface area contributed by atoms with Gasteiger partial charge in [-0.2, -0.15) is 5.10 Å². The van der Waals surface area contributed by atoms with Crippen LogP contribution in [0.4, 0.5) is 0 Å². The molecule has 6 heteroatoms. The number of carboxylic acids is 1. The van der Waals surface area contributed by atoms with Gasteiger partial charge in [0.05, 0.1) is 28.9 Å². The van der Waals surface area contributed by atoms with E-state index in [9.17, 15) is 9.59 Å². The number of carbonyl (C=O) groups is 2. The number of carboxylic acid groups (broad SMARTS) is 1. The maximum atomic E-state index is 12.7. The third-order valence-electron chi connectivity index (χ3n) is 4.59. The number of aromatic nitrogens is 2. The van der Waals surface area contributed by atoms with Crippen LogP contribution in [-0.2, 0) is 4.79 Å². The van der Waals surface area contributed by atoms with Crippen molar-refractivity contribution in [2.24, 2.45) is 0 Å². The van der Waals surface area contributed by atoms with E-state index >= 15 is 0 Å². The first-order valence-corrected chi connectivity index (χ1v) is 8.15. The monoisotopic (exact) mass is 327 g/mol. The van der Waals surface area contributed by atoms with Gasteiger partial charge in [0.2, 0.25) is 0 Å². The predicted octanol–water partition coefficient (Wildman–Crippen LogP) is 2.70. The van der Waals surface area contributed by atoms with Crippen molar-refractivity contribution >= 4 is 11.9 Å². The third-order valence-corrected chi connectivity index (χ3v) is 4.59. The Morgan fingerprint density at radius 2 is 1.92 bits per heavy atom. The minimum Gasteiger partial charge on any atom is -0.481 e. The molecule has 0 atom stereocenters. The number of aryl methyl sites for hydroxylation is 1. The molecule has 24 heavy (non-hydrogen) atoms. The maximum Gasteiger partial charge on any atom is 0.305 e. The zero-order valence-corrected chi connectivity index (χ0v) is 13.7. The van der Waals surface area contributed by atoms with E-state index in [1.807, 2.05) is 30.3 Å². The van der Waals surface area contributed by atoms with Crippen LogP contribution in [-0.4, -0.2) is 32.3 Å². The summed E-state index contributed by atoms with van der Waals surface area (Å²) in [5.41, 5.74) is 1.35. The van der Waals surface area contributed by atoms with Crippen molar-refractivity contribution in [1.29, 1.82) is 0 Å². The highest BCUT2D eigenvalue weighted by molar-refractivity contribution is 5.96. The first kappa shape index (κ1) is 16.2. The molecule has 3 rings (SSSR count). The van der Waals surface area contributed by atoms with E-state index in [0.29, 0.717) is 24.1 Å². The standard InChI is InChI=1S/C18H21N3O3/c1-13-15(12-21(20-13)14-7-3-2-4-8-14)17(24)19-18(11-16(22)23)9-5-6-10-18/h2-4,7-8,12H,5-6,9-11H2,1H3,(H,19,24)(H,22,23). The summed E-state index contributed by atoms with van der Waals surface area (Å²) in [5.74, 6) is -1.13. The quantitative estimate of drug-likeness (QED) is 0.884. The number of aliphatic carboxylic acids is 1. The van der Waals surface area contributed by atoms with Gasteiger partial charge in [-0.3, -0.25) is 9.59 Å². The lowest BCUT2D eigenvalue weighted by molar-refractivity contribution is -0.138. The molecule has 1 aromatic carbocycles. The van der Waals surface area contributed by atoms with Crippen molar-refractivity contribution < 1.29 is 14.7 Å². The third kappa shape index (κ3) is 3.32. The molecule has 0 aliphatic heterocycles. The molecule has 0 bridgehead atoms. The van der Waals surface area contributed by atoms with Crippen molar-refractivity contribution in [2.75, 3.05) is 0 Å². The van der Waals surface area contributed by atoms with E-state index in [1.165, 1.54) is 0 Å².